The molecule has 0 spiro atoms. The number of carbonyl (C=O) groups excluding carboxylic acids is 1. The van der Waals surface area contributed by atoms with Gasteiger partial charge in [0.2, 0.25) is 5.91 Å². The van der Waals surface area contributed by atoms with E-state index in [0.29, 0.717) is 12.3 Å². The second-order valence-electron chi connectivity index (χ2n) is 1.61. The molecule has 0 atom stereocenters. The summed E-state index contributed by atoms with van der Waals surface area (Å²) in [5.74, 6) is 5.74. The molecule has 4 heteroatoms. The predicted molar refractivity (Wildman–Crippen MR) is 40.0 cm³/mol. The fourth-order valence-electron chi connectivity index (χ4n) is 0.383. The maximum Gasteiger partial charge on any atom is 0.246 e. The molecule has 0 fully saturated rings. The standard InChI is InChI=1S/C5H12N2OS/c1-3-7(6)5(8)4-9-2/h3-4,6H2,1-2H3. The maximum absolute atomic E-state index is 10.8. The molecular formula is C5H12N2OS. The Morgan fingerprint density at radius 3 is 2.67 bits per heavy atom. The third kappa shape index (κ3) is 3.37. The van der Waals surface area contributed by atoms with Crippen LogP contribution < -0.4 is 5.84 Å². The Morgan fingerprint density at radius 1 is 1.78 bits per heavy atom. The number of amides is 1. The normalized spacial score (nSPS) is 9.22. The van der Waals surface area contributed by atoms with Gasteiger partial charge in [0.05, 0.1) is 5.75 Å². The molecule has 0 rings (SSSR count). The molecule has 54 valence electrons. The Bertz CT molecular complexity index is 97.0. The third-order valence-electron chi connectivity index (χ3n) is 0.929. The summed E-state index contributed by atoms with van der Waals surface area (Å²) >= 11 is 1.48. The van der Waals surface area contributed by atoms with Crippen molar-refractivity contribution in [1.82, 2.24) is 5.01 Å². The zero-order valence-electron chi connectivity index (χ0n) is 5.76. The molecule has 0 aromatic heterocycles. The summed E-state index contributed by atoms with van der Waals surface area (Å²) in [4.78, 5) is 10.8. The van der Waals surface area contributed by atoms with Crippen LogP contribution >= 0.6 is 11.8 Å². The van der Waals surface area contributed by atoms with Crippen LogP contribution in [-0.4, -0.2) is 29.5 Å². The molecule has 0 bridgehead atoms. The number of hydrazine groups is 1. The predicted octanol–water partition coefficient (Wildman–Crippen LogP) is 0.0716. The molecule has 2 N–H and O–H groups in total. The van der Waals surface area contributed by atoms with E-state index in [1.165, 1.54) is 16.8 Å². The highest BCUT2D eigenvalue weighted by atomic mass is 32.2. The molecule has 0 aliphatic rings. The van der Waals surface area contributed by atoms with Crippen LogP contribution in [0.15, 0.2) is 0 Å². The van der Waals surface area contributed by atoms with Gasteiger partial charge in [-0.3, -0.25) is 9.80 Å². The average molecular weight is 148 g/mol. The van der Waals surface area contributed by atoms with Gasteiger partial charge in [-0.2, -0.15) is 11.8 Å². The minimum atomic E-state index is -0.00926. The molecule has 0 aromatic rings. The van der Waals surface area contributed by atoms with Gasteiger partial charge in [-0.1, -0.05) is 0 Å². The lowest BCUT2D eigenvalue weighted by molar-refractivity contribution is -0.128. The van der Waals surface area contributed by atoms with Crippen molar-refractivity contribution in [2.75, 3.05) is 18.6 Å². The molecule has 0 aromatic carbocycles. The van der Waals surface area contributed by atoms with Crippen LogP contribution in [0.3, 0.4) is 0 Å². The molecule has 0 aliphatic carbocycles. The lowest BCUT2D eigenvalue weighted by Crippen LogP contribution is -2.38. The molecule has 0 aliphatic heterocycles. The van der Waals surface area contributed by atoms with Crippen LogP contribution in [0.5, 0.6) is 0 Å². The molecule has 0 radical (unpaired) electrons. The number of hydrogen-bond acceptors (Lipinski definition) is 3. The summed E-state index contributed by atoms with van der Waals surface area (Å²) in [6, 6.07) is 0. The van der Waals surface area contributed by atoms with Crippen LogP contribution in [0.1, 0.15) is 6.92 Å². The molecule has 0 saturated carbocycles. The number of carbonyl (C=O) groups is 1. The Morgan fingerprint density at radius 2 is 2.33 bits per heavy atom. The highest BCUT2D eigenvalue weighted by molar-refractivity contribution is 7.99. The quantitative estimate of drug-likeness (QED) is 0.350. The first-order valence-electron chi connectivity index (χ1n) is 2.76. The van der Waals surface area contributed by atoms with Gasteiger partial charge in [-0.15, -0.1) is 0 Å². The fraction of sp³-hybridized carbons (Fsp3) is 0.800. The van der Waals surface area contributed by atoms with Crippen LogP contribution in [0.2, 0.25) is 0 Å². The van der Waals surface area contributed by atoms with E-state index in [4.69, 9.17) is 5.84 Å². The first kappa shape index (κ1) is 8.78. The van der Waals surface area contributed by atoms with Crippen molar-refractivity contribution in [3.8, 4) is 0 Å². The summed E-state index contributed by atoms with van der Waals surface area (Å²) in [7, 11) is 0. The van der Waals surface area contributed by atoms with Gasteiger partial charge < -0.3 is 0 Å². The number of rotatable bonds is 3. The Balaban J connectivity index is 3.46. The van der Waals surface area contributed by atoms with E-state index in [1.807, 2.05) is 13.2 Å². The summed E-state index contributed by atoms with van der Waals surface area (Å²) in [6.45, 7) is 2.43. The highest BCUT2D eigenvalue weighted by Crippen LogP contribution is 1.92. The summed E-state index contributed by atoms with van der Waals surface area (Å²) in [6.07, 6.45) is 1.88. The van der Waals surface area contributed by atoms with Crippen LogP contribution in [0, 0.1) is 0 Å². The van der Waals surface area contributed by atoms with Crippen LogP contribution in [0.25, 0.3) is 0 Å². The van der Waals surface area contributed by atoms with Gasteiger partial charge in [0.15, 0.2) is 0 Å². The Kier molecular flexibility index (Phi) is 4.53. The van der Waals surface area contributed by atoms with E-state index in [0.717, 1.165) is 0 Å². The van der Waals surface area contributed by atoms with Gasteiger partial charge in [-0.25, -0.2) is 5.84 Å². The molecule has 0 saturated heterocycles. The topological polar surface area (TPSA) is 46.3 Å². The van der Waals surface area contributed by atoms with Gasteiger partial charge in [-0.05, 0) is 13.2 Å². The van der Waals surface area contributed by atoms with E-state index in [2.05, 4.69) is 0 Å². The number of thioether (sulfide) groups is 1. The van der Waals surface area contributed by atoms with Crippen molar-refractivity contribution in [2.24, 2.45) is 5.84 Å². The van der Waals surface area contributed by atoms with Crippen LogP contribution in [-0.2, 0) is 4.79 Å². The Hall–Kier alpha value is -0.220. The van der Waals surface area contributed by atoms with E-state index < -0.39 is 0 Å². The van der Waals surface area contributed by atoms with Crippen molar-refractivity contribution < 1.29 is 4.79 Å². The van der Waals surface area contributed by atoms with E-state index >= 15 is 0 Å². The van der Waals surface area contributed by atoms with Crippen molar-refractivity contribution >= 4 is 17.7 Å². The monoisotopic (exact) mass is 148 g/mol. The minimum Gasteiger partial charge on any atom is -0.280 e. The smallest absolute Gasteiger partial charge is 0.246 e. The van der Waals surface area contributed by atoms with Gasteiger partial charge in [0, 0.05) is 6.54 Å². The molecule has 3 nitrogen and oxygen atoms in total. The van der Waals surface area contributed by atoms with E-state index in [1.54, 1.807) is 0 Å². The first-order chi connectivity index (χ1) is 4.22. The van der Waals surface area contributed by atoms with Crippen molar-refractivity contribution in [2.45, 2.75) is 6.92 Å². The van der Waals surface area contributed by atoms with Crippen molar-refractivity contribution in [3.05, 3.63) is 0 Å². The molecule has 0 unspecified atom stereocenters. The summed E-state index contributed by atoms with van der Waals surface area (Å²) in [5, 5.41) is 1.22. The van der Waals surface area contributed by atoms with Gasteiger partial charge >= 0.3 is 0 Å². The van der Waals surface area contributed by atoms with Crippen LogP contribution in [0.4, 0.5) is 0 Å². The second kappa shape index (κ2) is 4.64. The fourth-order valence-corrected chi connectivity index (χ4v) is 0.796. The lowest BCUT2D eigenvalue weighted by atomic mass is 10.6. The summed E-state index contributed by atoms with van der Waals surface area (Å²) < 4.78 is 0. The minimum absolute atomic E-state index is 0.00926. The molecule has 0 heterocycles. The highest BCUT2D eigenvalue weighted by Gasteiger charge is 2.03. The van der Waals surface area contributed by atoms with Crippen molar-refractivity contribution in [1.29, 1.82) is 0 Å². The Labute approximate surface area is 59.6 Å². The summed E-state index contributed by atoms with van der Waals surface area (Å²) in [5.41, 5.74) is 0. The number of nitrogens with two attached hydrogens (primary N) is 1. The zero-order chi connectivity index (χ0) is 7.28. The zero-order valence-corrected chi connectivity index (χ0v) is 6.57. The van der Waals surface area contributed by atoms with Gasteiger partial charge in [0.25, 0.3) is 0 Å². The molecule has 1 amide bonds. The van der Waals surface area contributed by atoms with E-state index in [9.17, 15) is 4.79 Å². The van der Waals surface area contributed by atoms with Crippen molar-refractivity contribution in [3.63, 3.8) is 0 Å². The van der Waals surface area contributed by atoms with Gasteiger partial charge in [0.1, 0.15) is 0 Å². The number of nitrogens with zero attached hydrogens (tertiary/aromatic N) is 1. The lowest BCUT2D eigenvalue weighted by Gasteiger charge is -2.11. The molecule has 9 heavy (non-hydrogen) atoms. The van der Waals surface area contributed by atoms with E-state index in [-0.39, 0.29) is 5.91 Å². The number of hydrogen-bond donors (Lipinski definition) is 1. The molecular weight excluding hydrogens is 136 g/mol. The average Bonchev–Trinajstić information content (AvgIpc) is 1.87. The second-order valence-corrected chi connectivity index (χ2v) is 2.48. The first-order valence-corrected chi connectivity index (χ1v) is 4.15. The third-order valence-corrected chi connectivity index (χ3v) is 1.46. The largest absolute Gasteiger partial charge is 0.280 e. The maximum atomic E-state index is 10.8. The SMILES string of the molecule is CCN(N)C(=O)CSC.